The van der Waals surface area contributed by atoms with E-state index >= 15 is 0 Å². The standard InChI is InChI=1S/C23H28F2N2O4/c1-15(2)21(27-20(28)14-16-7-5-4-6-8-16)22(29)26-12-11-17-9-10-18(31-23(24)25)19(13-17)30-3/h4-10,13,15,21,23H,11-12,14H2,1-3H3,(H,26,29)(H,27,28). The van der Waals surface area contributed by atoms with E-state index in [4.69, 9.17) is 4.74 Å². The van der Waals surface area contributed by atoms with Crippen molar-refractivity contribution in [2.24, 2.45) is 5.92 Å². The van der Waals surface area contributed by atoms with Crippen molar-refractivity contribution in [3.8, 4) is 11.5 Å². The van der Waals surface area contributed by atoms with Crippen LogP contribution in [0.3, 0.4) is 0 Å². The summed E-state index contributed by atoms with van der Waals surface area (Å²) in [5.41, 5.74) is 1.66. The molecule has 0 aliphatic heterocycles. The molecule has 31 heavy (non-hydrogen) atoms. The fourth-order valence-electron chi connectivity index (χ4n) is 3.04. The second kappa shape index (κ2) is 11.9. The number of carbonyl (C=O) groups is 2. The molecule has 2 amide bonds. The zero-order valence-corrected chi connectivity index (χ0v) is 17.9. The molecule has 2 aromatic rings. The van der Waals surface area contributed by atoms with Crippen molar-refractivity contribution < 1.29 is 27.8 Å². The molecule has 0 saturated heterocycles. The van der Waals surface area contributed by atoms with Gasteiger partial charge in [0.1, 0.15) is 6.04 Å². The van der Waals surface area contributed by atoms with Gasteiger partial charge in [-0.2, -0.15) is 8.78 Å². The van der Waals surface area contributed by atoms with Crippen LogP contribution in [-0.4, -0.2) is 38.1 Å². The van der Waals surface area contributed by atoms with Crippen LogP contribution in [0.5, 0.6) is 11.5 Å². The van der Waals surface area contributed by atoms with Crippen molar-refractivity contribution in [2.75, 3.05) is 13.7 Å². The Kier molecular flexibility index (Phi) is 9.24. The average molecular weight is 434 g/mol. The lowest BCUT2D eigenvalue weighted by Crippen LogP contribution is -2.50. The van der Waals surface area contributed by atoms with Crippen molar-refractivity contribution in [2.45, 2.75) is 39.3 Å². The first-order valence-electron chi connectivity index (χ1n) is 10.0. The Bertz CT molecular complexity index is 860. The number of halogens is 2. The SMILES string of the molecule is COc1cc(CCNC(=O)C(NC(=O)Cc2ccccc2)C(C)C)ccc1OC(F)F. The van der Waals surface area contributed by atoms with Gasteiger partial charge in [-0.15, -0.1) is 0 Å². The number of amides is 2. The zero-order chi connectivity index (χ0) is 22.8. The van der Waals surface area contributed by atoms with Gasteiger partial charge in [-0.25, -0.2) is 0 Å². The Morgan fingerprint density at radius 1 is 1.00 bits per heavy atom. The minimum absolute atomic E-state index is 0.0497. The molecule has 0 aliphatic rings. The summed E-state index contributed by atoms with van der Waals surface area (Å²) in [6.07, 6.45) is 0.657. The van der Waals surface area contributed by atoms with Crippen LogP contribution in [0.4, 0.5) is 8.78 Å². The van der Waals surface area contributed by atoms with Gasteiger partial charge < -0.3 is 20.1 Å². The maximum Gasteiger partial charge on any atom is 0.387 e. The molecule has 168 valence electrons. The van der Waals surface area contributed by atoms with Crippen molar-refractivity contribution in [1.82, 2.24) is 10.6 Å². The third-order valence-electron chi connectivity index (χ3n) is 4.63. The Hall–Kier alpha value is -3.16. The number of carbonyl (C=O) groups excluding carboxylic acids is 2. The van der Waals surface area contributed by atoms with Crippen molar-refractivity contribution >= 4 is 11.8 Å². The summed E-state index contributed by atoms with van der Waals surface area (Å²) in [6, 6.07) is 13.3. The Morgan fingerprint density at radius 3 is 2.32 bits per heavy atom. The van der Waals surface area contributed by atoms with Gasteiger partial charge in [-0.3, -0.25) is 9.59 Å². The summed E-state index contributed by atoms with van der Waals surface area (Å²) < 4.78 is 34.3. The average Bonchev–Trinajstić information content (AvgIpc) is 2.73. The molecule has 2 aromatic carbocycles. The van der Waals surface area contributed by atoms with E-state index < -0.39 is 12.7 Å². The van der Waals surface area contributed by atoms with Gasteiger partial charge in [0.05, 0.1) is 13.5 Å². The molecule has 0 aliphatic carbocycles. The van der Waals surface area contributed by atoms with Crippen LogP contribution in [-0.2, 0) is 22.4 Å². The summed E-state index contributed by atoms with van der Waals surface area (Å²) in [4.78, 5) is 24.9. The summed E-state index contributed by atoms with van der Waals surface area (Å²) >= 11 is 0. The van der Waals surface area contributed by atoms with E-state index in [-0.39, 0.29) is 35.7 Å². The quantitative estimate of drug-likeness (QED) is 0.569. The molecule has 2 N–H and O–H groups in total. The molecule has 1 unspecified atom stereocenters. The van der Waals surface area contributed by atoms with Crippen molar-refractivity contribution in [3.63, 3.8) is 0 Å². The van der Waals surface area contributed by atoms with E-state index in [0.717, 1.165) is 11.1 Å². The summed E-state index contributed by atoms with van der Waals surface area (Å²) in [7, 11) is 1.37. The minimum atomic E-state index is -2.94. The molecule has 0 bridgehead atoms. The number of hydrogen-bond acceptors (Lipinski definition) is 4. The lowest BCUT2D eigenvalue weighted by atomic mass is 10.0. The predicted octanol–water partition coefficient (Wildman–Crippen LogP) is 3.34. The number of hydrogen-bond donors (Lipinski definition) is 2. The highest BCUT2D eigenvalue weighted by molar-refractivity contribution is 5.88. The lowest BCUT2D eigenvalue weighted by molar-refractivity contribution is -0.129. The maximum atomic E-state index is 12.6. The predicted molar refractivity (Wildman–Crippen MR) is 113 cm³/mol. The van der Waals surface area contributed by atoms with Gasteiger partial charge >= 0.3 is 6.61 Å². The largest absolute Gasteiger partial charge is 0.493 e. The van der Waals surface area contributed by atoms with E-state index in [0.29, 0.717) is 13.0 Å². The van der Waals surface area contributed by atoms with Crippen molar-refractivity contribution in [3.05, 3.63) is 59.7 Å². The second-order valence-electron chi connectivity index (χ2n) is 7.36. The molecule has 0 heterocycles. The third kappa shape index (κ3) is 7.88. The zero-order valence-electron chi connectivity index (χ0n) is 17.9. The molecule has 0 aromatic heterocycles. The highest BCUT2D eigenvalue weighted by Crippen LogP contribution is 2.29. The fourth-order valence-corrected chi connectivity index (χ4v) is 3.04. The molecule has 0 saturated carbocycles. The second-order valence-corrected chi connectivity index (χ2v) is 7.36. The molecular formula is C23H28F2N2O4. The first-order chi connectivity index (χ1) is 14.8. The van der Waals surface area contributed by atoms with Crippen LogP contribution in [0.1, 0.15) is 25.0 Å². The number of nitrogens with one attached hydrogen (secondary N) is 2. The topological polar surface area (TPSA) is 76.7 Å². The molecular weight excluding hydrogens is 406 g/mol. The van der Waals surface area contributed by atoms with Crippen LogP contribution in [0, 0.1) is 5.92 Å². The first kappa shape index (κ1) is 24.1. The molecule has 0 fully saturated rings. The minimum Gasteiger partial charge on any atom is -0.493 e. The highest BCUT2D eigenvalue weighted by Gasteiger charge is 2.24. The van der Waals surface area contributed by atoms with Gasteiger partial charge in [0.15, 0.2) is 11.5 Å². The van der Waals surface area contributed by atoms with Crippen LogP contribution in [0.15, 0.2) is 48.5 Å². The van der Waals surface area contributed by atoms with Gasteiger partial charge in [-0.1, -0.05) is 50.2 Å². The molecule has 1 atom stereocenters. The van der Waals surface area contributed by atoms with Gasteiger partial charge in [-0.05, 0) is 35.6 Å². The Morgan fingerprint density at radius 2 is 1.71 bits per heavy atom. The van der Waals surface area contributed by atoms with E-state index in [2.05, 4.69) is 15.4 Å². The molecule has 2 rings (SSSR count). The monoisotopic (exact) mass is 434 g/mol. The van der Waals surface area contributed by atoms with E-state index in [1.54, 1.807) is 12.1 Å². The van der Waals surface area contributed by atoms with E-state index in [1.807, 2.05) is 44.2 Å². The third-order valence-corrected chi connectivity index (χ3v) is 4.63. The fraction of sp³-hybridized carbons (Fsp3) is 0.391. The highest BCUT2D eigenvalue weighted by atomic mass is 19.3. The smallest absolute Gasteiger partial charge is 0.387 e. The van der Waals surface area contributed by atoms with Crippen LogP contribution < -0.4 is 20.1 Å². The lowest BCUT2D eigenvalue weighted by Gasteiger charge is -2.22. The number of methoxy groups -OCH3 is 1. The van der Waals surface area contributed by atoms with E-state index in [9.17, 15) is 18.4 Å². The number of ether oxygens (including phenoxy) is 2. The summed E-state index contributed by atoms with van der Waals surface area (Å²) in [6.45, 7) is 1.10. The van der Waals surface area contributed by atoms with Gasteiger partial charge in [0.2, 0.25) is 11.8 Å². The maximum absolute atomic E-state index is 12.6. The molecule has 0 radical (unpaired) electrons. The molecule has 8 heteroatoms. The molecule has 0 spiro atoms. The number of benzene rings is 2. The van der Waals surface area contributed by atoms with Crippen LogP contribution in [0.25, 0.3) is 0 Å². The van der Waals surface area contributed by atoms with Crippen LogP contribution >= 0.6 is 0 Å². The normalized spacial score (nSPS) is 11.8. The summed E-state index contributed by atoms with van der Waals surface area (Å²) in [5, 5.41) is 5.62. The van der Waals surface area contributed by atoms with Gasteiger partial charge in [0, 0.05) is 6.54 Å². The van der Waals surface area contributed by atoms with Gasteiger partial charge in [0.25, 0.3) is 0 Å². The van der Waals surface area contributed by atoms with E-state index in [1.165, 1.54) is 13.2 Å². The first-order valence-corrected chi connectivity index (χ1v) is 10.0. The van der Waals surface area contributed by atoms with Crippen molar-refractivity contribution in [1.29, 1.82) is 0 Å². The number of alkyl halides is 2. The summed E-state index contributed by atoms with van der Waals surface area (Å²) in [5.74, 6) is -0.449. The number of rotatable bonds is 11. The Balaban J connectivity index is 1.89. The van der Waals surface area contributed by atoms with Crippen LogP contribution in [0.2, 0.25) is 0 Å². The Labute approximate surface area is 180 Å². The molecule has 6 nitrogen and oxygen atoms in total.